The van der Waals surface area contributed by atoms with E-state index in [2.05, 4.69) is 25.2 Å². The van der Waals surface area contributed by atoms with Crippen LogP contribution in [0.1, 0.15) is 29.4 Å². The number of carbonyl (C=O) groups is 2. The molecule has 27 heavy (non-hydrogen) atoms. The Morgan fingerprint density at radius 1 is 1.37 bits per heavy atom. The van der Waals surface area contributed by atoms with Crippen LogP contribution in [0.2, 0.25) is 0 Å². The van der Waals surface area contributed by atoms with Crippen molar-refractivity contribution in [3.05, 3.63) is 34.2 Å². The van der Waals surface area contributed by atoms with Gasteiger partial charge in [0.2, 0.25) is 5.91 Å². The quantitative estimate of drug-likeness (QED) is 0.749. The maximum absolute atomic E-state index is 12.0. The van der Waals surface area contributed by atoms with Gasteiger partial charge in [0.25, 0.3) is 6.47 Å². The molecule has 1 saturated heterocycles. The Morgan fingerprint density at radius 2 is 2.07 bits per heavy atom. The van der Waals surface area contributed by atoms with Crippen LogP contribution in [0, 0.1) is 19.8 Å². The highest BCUT2D eigenvalue weighted by atomic mass is 32.1. The lowest BCUT2D eigenvalue weighted by Crippen LogP contribution is -2.39. The zero-order valence-corrected chi connectivity index (χ0v) is 16.4. The zero-order valence-electron chi connectivity index (χ0n) is 15.6. The number of carboxylic acid groups (broad SMARTS) is 1. The summed E-state index contributed by atoms with van der Waals surface area (Å²) in [7, 11) is 0. The second-order valence-corrected chi connectivity index (χ2v) is 7.40. The summed E-state index contributed by atoms with van der Waals surface area (Å²) < 4.78 is 0. The number of aryl methyl sites for hydroxylation is 2. The van der Waals surface area contributed by atoms with Crippen LogP contribution in [0.4, 0.5) is 5.82 Å². The highest BCUT2D eigenvalue weighted by Crippen LogP contribution is 2.21. The topological polar surface area (TPSA) is 108 Å². The molecule has 0 spiro atoms. The van der Waals surface area contributed by atoms with Crippen molar-refractivity contribution in [3.8, 4) is 0 Å². The first-order chi connectivity index (χ1) is 13.0. The number of thiazole rings is 1. The molecule has 2 aromatic rings. The summed E-state index contributed by atoms with van der Waals surface area (Å²) in [5, 5.41) is 12.9. The molecule has 8 nitrogen and oxygen atoms in total. The average molecular weight is 391 g/mol. The number of hydrogen-bond acceptors (Lipinski definition) is 7. The molecular weight excluding hydrogens is 366 g/mol. The van der Waals surface area contributed by atoms with Crippen LogP contribution in [0.15, 0.2) is 17.6 Å². The minimum absolute atomic E-state index is 0.0640. The highest BCUT2D eigenvalue weighted by molar-refractivity contribution is 7.09. The van der Waals surface area contributed by atoms with Crippen molar-refractivity contribution < 1.29 is 14.7 Å². The summed E-state index contributed by atoms with van der Waals surface area (Å²) in [5.41, 5.74) is 0.865. The maximum Gasteiger partial charge on any atom is 0.290 e. The molecule has 0 radical (unpaired) electrons. The summed E-state index contributed by atoms with van der Waals surface area (Å²) in [4.78, 5) is 35.6. The van der Waals surface area contributed by atoms with Crippen molar-refractivity contribution in [1.82, 2.24) is 20.3 Å². The molecule has 0 atom stereocenters. The smallest absolute Gasteiger partial charge is 0.290 e. The Morgan fingerprint density at radius 3 is 2.67 bits per heavy atom. The van der Waals surface area contributed by atoms with Crippen LogP contribution in [0.5, 0.6) is 0 Å². The van der Waals surface area contributed by atoms with E-state index in [1.807, 2.05) is 31.5 Å². The molecule has 9 heteroatoms. The Hall–Kier alpha value is -2.55. The number of nitrogens with one attached hydrogen (secondary N) is 1. The third-order valence-corrected chi connectivity index (χ3v) is 5.12. The maximum atomic E-state index is 12.0. The Labute approximate surface area is 162 Å². The minimum atomic E-state index is -0.250. The second-order valence-electron chi connectivity index (χ2n) is 6.34. The Balaban J connectivity index is 0.000000817. The van der Waals surface area contributed by atoms with Crippen molar-refractivity contribution in [2.75, 3.05) is 24.5 Å². The predicted molar refractivity (Wildman–Crippen MR) is 104 cm³/mol. The largest absolute Gasteiger partial charge is 0.483 e. The van der Waals surface area contributed by atoms with E-state index in [-0.39, 0.29) is 12.4 Å². The fraction of sp³-hybridized carbons (Fsp3) is 0.500. The van der Waals surface area contributed by atoms with Crippen LogP contribution in [0.25, 0.3) is 0 Å². The number of carbonyl (C=O) groups excluding carboxylic acids is 1. The molecule has 0 saturated carbocycles. The third-order valence-electron chi connectivity index (χ3n) is 4.30. The molecule has 0 aliphatic carbocycles. The lowest BCUT2D eigenvalue weighted by Gasteiger charge is -2.32. The summed E-state index contributed by atoms with van der Waals surface area (Å²) in [5.74, 6) is 2.41. The number of anilines is 1. The summed E-state index contributed by atoms with van der Waals surface area (Å²) in [6, 6.07) is 1.96. The summed E-state index contributed by atoms with van der Waals surface area (Å²) in [6.07, 6.45) is 4.33. The minimum Gasteiger partial charge on any atom is -0.483 e. The first-order valence-corrected chi connectivity index (χ1v) is 9.70. The van der Waals surface area contributed by atoms with E-state index in [1.54, 1.807) is 11.3 Å². The number of hydrogen-bond donors (Lipinski definition) is 2. The van der Waals surface area contributed by atoms with Crippen molar-refractivity contribution in [2.45, 2.75) is 33.1 Å². The van der Waals surface area contributed by atoms with Gasteiger partial charge in [-0.1, -0.05) is 0 Å². The standard InChI is InChI=1S/C17H23N5OS.CH2O2/c1-12-18-6-3-16(20-12)22-7-4-14(5-8-22)10-19-17(23)9-15-11-24-13(2)21-15;2-1-3/h3,6,11,14H,4-5,7-10H2,1-2H3,(H,19,23);1H,(H,2,3). The molecule has 0 unspecified atom stereocenters. The molecule has 146 valence electrons. The molecule has 1 amide bonds. The number of nitrogens with zero attached hydrogens (tertiary/aromatic N) is 4. The number of amides is 1. The normalized spacial score (nSPS) is 14.2. The number of piperidine rings is 1. The van der Waals surface area contributed by atoms with Gasteiger partial charge in [0.15, 0.2) is 0 Å². The average Bonchev–Trinajstić information content (AvgIpc) is 3.06. The first-order valence-electron chi connectivity index (χ1n) is 8.82. The van der Waals surface area contributed by atoms with Gasteiger partial charge in [-0.3, -0.25) is 9.59 Å². The van der Waals surface area contributed by atoms with Gasteiger partial charge in [0.1, 0.15) is 11.6 Å². The van der Waals surface area contributed by atoms with Gasteiger partial charge < -0.3 is 15.3 Å². The zero-order chi connectivity index (χ0) is 19.6. The molecule has 3 heterocycles. The molecule has 2 N–H and O–H groups in total. The predicted octanol–water partition coefficient (Wildman–Crippen LogP) is 1.83. The Kier molecular flexibility index (Phi) is 8.12. The van der Waals surface area contributed by atoms with Crippen LogP contribution in [-0.2, 0) is 16.0 Å². The molecule has 0 bridgehead atoms. The number of aromatic nitrogens is 3. The monoisotopic (exact) mass is 391 g/mol. The van der Waals surface area contributed by atoms with E-state index in [0.717, 1.165) is 54.8 Å². The van der Waals surface area contributed by atoms with Gasteiger partial charge in [-0.25, -0.2) is 15.0 Å². The van der Waals surface area contributed by atoms with Crippen molar-refractivity contribution in [2.24, 2.45) is 5.92 Å². The fourth-order valence-electron chi connectivity index (χ4n) is 2.96. The van der Waals surface area contributed by atoms with E-state index in [4.69, 9.17) is 9.90 Å². The molecule has 1 aliphatic rings. The first kappa shape index (κ1) is 20.8. The van der Waals surface area contributed by atoms with Crippen molar-refractivity contribution >= 4 is 29.5 Å². The molecule has 0 aromatic carbocycles. The van der Waals surface area contributed by atoms with Crippen LogP contribution in [0.3, 0.4) is 0 Å². The van der Waals surface area contributed by atoms with Crippen molar-refractivity contribution in [1.29, 1.82) is 0 Å². The molecule has 1 fully saturated rings. The van der Waals surface area contributed by atoms with Crippen LogP contribution < -0.4 is 10.2 Å². The SMILES string of the molecule is Cc1nccc(N2CCC(CNC(=O)Cc3csc(C)n3)CC2)n1.O=CO. The number of rotatable bonds is 5. The van der Waals surface area contributed by atoms with Gasteiger partial charge in [0.05, 0.1) is 17.1 Å². The van der Waals surface area contributed by atoms with Crippen LogP contribution >= 0.6 is 11.3 Å². The van der Waals surface area contributed by atoms with E-state index in [1.165, 1.54) is 0 Å². The van der Waals surface area contributed by atoms with Gasteiger partial charge >= 0.3 is 0 Å². The highest BCUT2D eigenvalue weighted by Gasteiger charge is 2.21. The van der Waals surface area contributed by atoms with Gasteiger partial charge in [-0.2, -0.15) is 0 Å². The molecule has 3 rings (SSSR count). The lowest BCUT2D eigenvalue weighted by molar-refractivity contribution is -0.123. The fourth-order valence-corrected chi connectivity index (χ4v) is 3.57. The Bertz CT molecular complexity index is 744. The van der Waals surface area contributed by atoms with E-state index >= 15 is 0 Å². The van der Waals surface area contributed by atoms with Gasteiger partial charge in [-0.05, 0) is 38.7 Å². The second kappa shape index (κ2) is 10.6. The molecular formula is C18H25N5O3S. The van der Waals surface area contributed by atoms with Gasteiger partial charge in [0, 0.05) is 31.2 Å². The van der Waals surface area contributed by atoms with Crippen molar-refractivity contribution in [3.63, 3.8) is 0 Å². The van der Waals surface area contributed by atoms with Crippen LogP contribution in [-0.4, -0.2) is 52.1 Å². The van der Waals surface area contributed by atoms with Gasteiger partial charge in [-0.15, -0.1) is 11.3 Å². The lowest BCUT2D eigenvalue weighted by atomic mass is 9.96. The molecule has 1 aliphatic heterocycles. The summed E-state index contributed by atoms with van der Waals surface area (Å²) >= 11 is 1.58. The third kappa shape index (κ3) is 6.93. The van der Waals surface area contributed by atoms with E-state index < -0.39 is 0 Å². The van der Waals surface area contributed by atoms with E-state index in [9.17, 15) is 4.79 Å². The summed E-state index contributed by atoms with van der Waals surface area (Å²) in [6.45, 7) is 6.32. The molecule has 2 aromatic heterocycles. The van der Waals surface area contributed by atoms with E-state index in [0.29, 0.717) is 12.3 Å².